The second-order valence-electron chi connectivity index (χ2n) is 8.71. The lowest BCUT2D eigenvalue weighted by atomic mass is 9.70. The number of benzene rings is 1. The van der Waals surface area contributed by atoms with E-state index in [0.717, 1.165) is 18.8 Å². The average molecular weight is 513 g/mol. The van der Waals surface area contributed by atoms with Gasteiger partial charge in [-0.15, -0.1) is 0 Å². The van der Waals surface area contributed by atoms with E-state index in [1.165, 1.54) is 31.8 Å². The van der Waals surface area contributed by atoms with Gasteiger partial charge in [-0.25, -0.2) is 8.78 Å². The normalized spacial score (nSPS) is 25.3. The lowest BCUT2D eigenvalue weighted by Crippen LogP contribution is -2.31. The van der Waals surface area contributed by atoms with Crippen molar-refractivity contribution in [2.45, 2.75) is 75.7 Å². The number of hydrogen-bond donors (Lipinski definition) is 0. The first kappa shape index (κ1) is 24.5. The Balaban J connectivity index is 1.63. The van der Waals surface area contributed by atoms with Crippen LogP contribution in [0.5, 0.6) is 5.75 Å². The van der Waals surface area contributed by atoms with E-state index in [0.29, 0.717) is 36.8 Å². The zero-order valence-corrected chi connectivity index (χ0v) is 19.0. The Kier molecular flexibility index (Phi) is 7.70. The summed E-state index contributed by atoms with van der Waals surface area (Å²) < 4.78 is 87.9. The first-order valence-corrected chi connectivity index (χ1v) is 11.6. The van der Waals surface area contributed by atoms with E-state index in [4.69, 9.17) is 0 Å². The van der Waals surface area contributed by atoms with E-state index in [9.17, 15) is 26.3 Å². The van der Waals surface area contributed by atoms with Gasteiger partial charge in [-0.2, -0.15) is 17.6 Å². The molecule has 31 heavy (non-hydrogen) atoms. The zero-order valence-electron chi connectivity index (χ0n) is 17.4. The van der Waals surface area contributed by atoms with Crippen molar-refractivity contribution in [2.24, 2.45) is 17.8 Å². The molecule has 174 valence electrons. The predicted molar refractivity (Wildman–Crippen MR) is 111 cm³/mol. The molecule has 0 saturated heterocycles. The molecule has 2 aliphatic carbocycles. The van der Waals surface area contributed by atoms with Crippen molar-refractivity contribution in [3.8, 4) is 5.75 Å². The first-order chi connectivity index (χ1) is 14.5. The molecule has 1 unspecified atom stereocenters. The minimum atomic E-state index is -3.96. The van der Waals surface area contributed by atoms with Crippen molar-refractivity contribution in [3.63, 3.8) is 0 Å². The van der Waals surface area contributed by atoms with Gasteiger partial charge in [0.15, 0.2) is 0 Å². The maximum atomic E-state index is 14.6. The highest BCUT2D eigenvalue weighted by atomic mass is 79.9. The summed E-state index contributed by atoms with van der Waals surface area (Å²) in [7, 11) is 0. The van der Waals surface area contributed by atoms with Crippen LogP contribution in [0.4, 0.5) is 26.3 Å². The second kappa shape index (κ2) is 9.75. The Morgan fingerprint density at radius 2 is 1.58 bits per heavy atom. The van der Waals surface area contributed by atoms with Crippen molar-refractivity contribution in [1.82, 2.24) is 0 Å². The Morgan fingerprint density at radius 3 is 2.06 bits per heavy atom. The molecule has 2 aliphatic rings. The van der Waals surface area contributed by atoms with Crippen LogP contribution in [-0.4, -0.2) is 6.11 Å². The fraction of sp³-hybridized carbons (Fsp3) is 0.652. The molecule has 1 nitrogen and oxygen atoms in total. The van der Waals surface area contributed by atoms with Crippen LogP contribution < -0.4 is 4.74 Å². The third-order valence-electron chi connectivity index (χ3n) is 6.63. The van der Waals surface area contributed by atoms with Gasteiger partial charge in [-0.1, -0.05) is 38.7 Å². The molecule has 1 aromatic carbocycles. The van der Waals surface area contributed by atoms with E-state index in [-0.39, 0.29) is 12.0 Å². The molecule has 0 spiro atoms. The smallest absolute Gasteiger partial charge is 0.422 e. The molecule has 0 aliphatic heterocycles. The van der Waals surface area contributed by atoms with Gasteiger partial charge in [-0.3, -0.25) is 0 Å². The van der Waals surface area contributed by atoms with Gasteiger partial charge in [0, 0.05) is 17.7 Å². The molecule has 1 aromatic rings. The molecule has 0 bridgehead atoms. The summed E-state index contributed by atoms with van der Waals surface area (Å²) in [4.78, 5) is -3.96. The number of ether oxygens (including phenoxy) is 1. The number of allylic oxidation sites excluding steroid dienone is 1. The van der Waals surface area contributed by atoms with Crippen LogP contribution in [0.2, 0.25) is 0 Å². The van der Waals surface area contributed by atoms with Crippen LogP contribution in [0.15, 0.2) is 23.8 Å². The summed E-state index contributed by atoms with van der Waals surface area (Å²) in [6.45, 7) is 2.19. The second-order valence-corrected chi connectivity index (χ2v) is 9.71. The fourth-order valence-electron chi connectivity index (χ4n) is 5.00. The molecule has 0 amide bonds. The minimum Gasteiger partial charge on any atom is -0.429 e. The zero-order chi connectivity index (χ0) is 22.8. The van der Waals surface area contributed by atoms with E-state index < -0.39 is 33.9 Å². The topological polar surface area (TPSA) is 9.23 Å². The molecular weight excluding hydrogens is 486 g/mol. The molecular formula is C23H27BrF6O. The Morgan fingerprint density at radius 1 is 0.968 bits per heavy atom. The minimum absolute atomic E-state index is 0.134. The first-order valence-electron chi connectivity index (χ1n) is 10.8. The summed E-state index contributed by atoms with van der Waals surface area (Å²) in [6.07, 6.45) is 6.09. The highest BCUT2D eigenvalue weighted by molar-refractivity contribution is 9.09. The van der Waals surface area contributed by atoms with Gasteiger partial charge < -0.3 is 4.74 Å². The SMILES string of the molecule is CCCC1CCC(C2CC=C(C(F)(F)Oc3cc(F)c(C(F)(F)Br)c(F)c3)CC2)CC1. The van der Waals surface area contributed by atoms with Crippen LogP contribution in [0.1, 0.15) is 70.3 Å². The highest BCUT2D eigenvalue weighted by Gasteiger charge is 2.41. The van der Waals surface area contributed by atoms with Gasteiger partial charge in [0.2, 0.25) is 0 Å². The number of halogens is 7. The molecule has 0 radical (unpaired) electrons. The molecule has 0 heterocycles. The summed E-state index contributed by atoms with van der Waals surface area (Å²) in [5, 5.41) is 0. The fourth-order valence-corrected chi connectivity index (χ4v) is 5.38. The van der Waals surface area contributed by atoms with E-state index in [1.807, 2.05) is 15.9 Å². The number of alkyl halides is 5. The molecule has 8 heteroatoms. The highest BCUT2D eigenvalue weighted by Crippen LogP contribution is 2.44. The van der Waals surface area contributed by atoms with Crippen molar-refractivity contribution in [2.75, 3.05) is 0 Å². The van der Waals surface area contributed by atoms with Crippen LogP contribution >= 0.6 is 15.9 Å². The quantitative estimate of drug-likeness (QED) is 0.201. The standard InChI is InChI=1S/C23H27BrF6O/c1-2-3-14-4-6-15(7-5-14)16-8-10-17(11-9-16)23(29,30)31-18-12-19(25)21(20(26)13-18)22(24,27)28/h10,12-16H,2-9,11H2,1H3. The number of hydrogen-bond acceptors (Lipinski definition) is 1. The summed E-state index contributed by atoms with van der Waals surface area (Å²) in [6, 6.07) is 0.699. The van der Waals surface area contributed by atoms with Crippen LogP contribution in [0.3, 0.4) is 0 Å². The van der Waals surface area contributed by atoms with E-state index in [2.05, 4.69) is 11.7 Å². The van der Waals surface area contributed by atoms with Crippen molar-refractivity contribution in [3.05, 3.63) is 41.0 Å². The third-order valence-corrected chi connectivity index (χ3v) is 7.02. The average Bonchev–Trinajstić information content (AvgIpc) is 2.67. The van der Waals surface area contributed by atoms with Crippen molar-refractivity contribution < 1.29 is 31.1 Å². The molecule has 1 saturated carbocycles. The van der Waals surface area contributed by atoms with Gasteiger partial charge in [0.25, 0.3) is 0 Å². The molecule has 3 rings (SSSR count). The predicted octanol–water partition coefficient (Wildman–Crippen LogP) is 8.71. The summed E-state index contributed by atoms with van der Waals surface area (Å²) >= 11 is 1.87. The summed E-state index contributed by atoms with van der Waals surface area (Å²) in [5.41, 5.74) is -1.78. The van der Waals surface area contributed by atoms with Crippen LogP contribution in [0, 0.1) is 29.4 Å². The maximum Gasteiger partial charge on any atom is 0.422 e. The Hall–Kier alpha value is -1.18. The van der Waals surface area contributed by atoms with Crippen molar-refractivity contribution in [1.29, 1.82) is 0 Å². The molecule has 1 atom stereocenters. The largest absolute Gasteiger partial charge is 0.429 e. The maximum absolute atomic E-state index is 14.6. The lowest BCUT2D eigenvalue weighted by Gasteiger charge is -2.36. The third kappa shape index (κ3) is 5.99. The molecule has 1 fully saturated rings. The van der Waals surface area contributed by atoms with Crippen LogP contribution in [0.25, 0.3) is 0 Å². The van der Waals surface area contributed by atoms with E-state index >= 15 is 0 Å². The Labute approximate surface area is 187 Å². The van der Waals surface area contributed by atoms with Gasteiger partial charge >= 0.3 is 10.9 Å². The molecule has 0 aromatic heterocycles. The molecule has 0 N–H and O–H groups in total. The van der Waals surface area contributed by atoms with E-state index in [1.54, 1.807) is 0 Å². The van der Waals surface area contributed by atoms with Crippen molar-refractivity contribution >= 4 is 15.9 Å². The summed E-state index contributed by atoms with van der Waals surface area (Å²) in [5.74, 6) is -2.48. The van der Waals surface area contributed by atoms with Gasteiger partial charge in [-0.05, 0) is 65.8 Å². The van der Waals surface area contributed by atoms with Gasteiger partial charge in [0.05, 0.1) is 0 Å². The van der Waals surface area contributed by atoms with Gasteiger partial charge in [0.1, 0.15) is 22.9 Å². The monoisotopic (exact) mass is 512 g/mol. The Bertz CT molecular complexity index is 773. The van der Waals surface area contributed by atoms with Crippen LogP contribution in [-0.2, 0) is 4.83 Å². The lowest BCUT2D eigenvalue weighted by molar-refractivity contribution is -0.145. The number of rotatable bonds is 7.